The Kier molecular flexibility index (Phi) is 4.85. The number of nitrogens with zero attached hydrogens (tertiary/aromatic N) is 2. The predicted molar refractivity (Wildman–Crippen MR) is 93.6 cm³/mol. The highest BCUT2D eigenvalue weighted by atomic mass is 32.1. The smallest absolute Gasteiger partial charge is 0.258 e. The molecule has 0 bridgehead atoms. The number of hydrogen-bond acceptors (Lipinski definition) is 3. The van der Waals surface area contributed by atoms with E-state index >= 15 is 0 Å². The van der Waals surface area contributed by atoms with Crippen LogP contribution in [0.3, 0.4) is 0 Å². The lowest BCUT2D eigenvalue weighted by atomic mass is 10.3. The lowest BCUT2D eigenvalue weighted by molar-refractivity contribution is -0.122. The van der Waals surface area contributed by atoms with Crippen LogP contribution in [0.2, 0.25) is 0 Å². The molecule has 1 aromatic heterocycles. The summed E-state index contributed by atoms with van der Waals surface area (Å²) in [5.74, 6) is -1.85. The second-order valence-corrected chi connectivity index (χ2v) is 5.52. The number of imidazole rings is 1. The Morgan fingerprint density at radius 1 is 1.16 bits per heavy atom. The molecule has 25 heavy (non-hydrogen) atoms. The molecule has 0 saturated carbocycles. The molecule has 0 unspecified atom stereocenters. The number of nitrogens with one attached hydrogen (secondary N) is 3. The molecule has 3 rings (SSSR count). The van der Waals surface area contributed by atoms with Crippen LogP contribution in [0, 0.1) is 11.6 Å². The van der Waals surface area contributed by atoms with E-state index in [9.17, 15) is 13.6 Å². The summed E-state index contributed by atoms with van der Waals surface area (Å²) < 4.78 is 28.1. The van der Waals surface area contributed by atoms with Gasteiger partial charge in [-0.1, -0.05) is 12.1 Å². The van der Waals surface area contributed by atoms with Crippen molar-refractivity contribution in [1.82, 2.24) is 20.4 Å². The van der Waals surface area contributed by atoms with E-state index in [1.54, 1.807) is 10.9 Å². The third-order valence-corrected chi connectivity index (χ3v) is 3.54. The average molecular weight is 361 g/mol. The molecule has 0 aliphatic heterocycles. The van der Waals surface area contributed by atoms with Crippen LogP contribution in [-0.4, -0.2) is 20.6 Å². The van der Waals surface area contributed by atoms with Crippen molar-refractivity contribution in [3.05, 3.63) is 60.4 Å². The first-order valence-electron chi connectivity index (χ1n) is 7.23. The van der Waals surface area contributed by atoms with Crippen LogP contribution in [0.1, 0.15) is 0 Å². The molecule has 0 saturated heterocycles. The van der Waals surface area contributed by atoms with E-state index < -0.39 is 11.6 Å². The van der Waals surface area contributed by atoms with Crippen LogP contribution in [0.25, 0.3) is 11.0 Å². The van der Waals surface area contributed by atoms with Gasteiger partial charge < -0.3 is 9.88 Å². The van der Waals surface area contributed by atoms with Gasteiger partial charge in [0.1, 0.15) is 18.2 Å². The van der Waals surface area contributed by atoms with Gasteiger partial charge in [0.05, 0.1) is 23.0 Å². The van der Waals surface area contributed by atoms with Crippen molar-refractivity contribution in [3.63, 3.8) is 0 Å². The van der Waals surface area contributed by atoms with E-state index in [0.29, 0.717) is 0 Å². The molecule has 6 nitrogen and oxygen atoms in total. The van der Waals surface area contributed by atoms with E-state index in [-0.39, 0.29) is 23.3 Å². The van der Waals surface area contributed by atoms with Crippen molar-refractivity contribution >= 4 is 40.0 Å². The van der Waals surface area contributed by atoms with Gasteiger partial charge in [-0.25, -0.2) is 13.8 Å². The number of rotatable bonds is 3. The monoisotopic (exact) mass is 361 g/mol. The number of carbonyl (C=O) groups excluding carboxylic acids is 1. The van der Waals surface area contributed by atoms with Crippen LogP contribution < -0.4 is 16.2 Å². The molecule has 128 valence electrons. The van der Waals surface area contributed by atoms with E-state index in [0.717, 1.165) is 23.2 Å². The molecular formula is C16H13F2N5OS. The minimum absolute atomic E-state index is 0.00578. The molecule has 1 amide bonds. The maximum atomic E-state index is 13.5. The largest absolute Gasteiger partial charge is 0.329 e. The maximum Gasteiger partial charge on any atom is 0.258 e. The average Bonchev–Trinajstić information content (AvgIpc) is 2.99. The first kappa shape index (κ1) is 16.8. The first-order chi connectivity index (χ1) is 12.0. The fraction of sp³-hybridized carbons (Fsp3) is 0.0625. The summed E-state index contributed by atoms with van der Waals surface area (Å²) in [5, 5.41) is 2.49. The molecular weight excluding hydrogens is 348 g/mol. The molecule has 3 aromatic rings. The zero-order valence-corrected chi connectivity index (χ0v) is 13.6. The Morgan fingerprint density at radius 3 is 2.76 bits per heavy atom. The maximum absolute atomic E-state index is 13.5. The highest BCUT2D eigenvalue weighted by molar-refractivity contribution is 7.80. The second-order valence-electron chi connectivity index (χ2n) is 5.11. The van der Waals surface area contributed by atoms with Gasteiger partial charge in [0.25, 0.3) is 5.91 Å². The van der Waals surface area contributed by atoms with Crippen LogP contribution in [0.5, 0.6) is 0 Å². The molecule has 0 radical (unpaired) electrons. The summed E-state index contributed by atoms with van der Waals surface area (Å²) in [6.45, 7) is 0.0288. The number of hydrogen-bond donors (Lipinski definition) is 3. The van der Waals surface area contributed by atoms with Crippen molar-refractivity contribution in [1.29, 1.82) is 0 Å². The molecule has 1 heterocycles. The number of carbonyl (C=O) groups is 1. The van der Waals surface area contributed by atoms with E-state index in [1.165, 1.54) is 6.07 Å². The number of hydrazine groups is 1. The quantitative estimate of drug-likeness (QED) is 0.493. The fourth-order valence-electron chi connectivity index (χ4n) is 2.20. The minimum Gasteiger partial charge on any atom is -0.329 e. The lowest BCUT2D eigenvalue weighted by Crippen LogP contribution is -2.45. The summed E-state index contributed by atoms with van der Waals surface area (Å²) >= 11 is 4.96. The van der Waals surface area contributed by atoms with Crippen LogP contribution in [-0.2, 0) is 11.3 Å². The molecule has 0 fully saturated rings. The molecule has 3 N–H and O–H groups in total. The van der Waals surface area contributed by atoms with Crippen LogP contribution in [0.4, 0.5) is 14.5 Å². The molecule has 2 aromatic carbocycles. The molecule has 9 heteroatoms. The zero-order valence-electron chi connectivity index (χ0n) is 12.8. The van der Waals surface area contributed by atoms with Gasteiger partial charge in [0, 0.05) is 6.07 Å². The lowest BCUT2D eigenvalue weighted by Gasteiger charge is -2.12. The summed E-state index contributed by atoms with van der Waals surface area (Å²) in [5.41, 5.74) is 6.46. The first-order valence-corrected chi connectivity index (χ1v) is 7.64. The number of thiocarbonyl (C=S) groups is 1. The van der Waals surface area contributed by atoms with Crippen LogP contribution in [0.15, 0.2) is 48.8 Å². The third-order valence-electron chi connectivity index (χ3n) is 3.34. The minimum atomic E-state index is -0.791. The summed E-state index contributed by atoms with van der Waals surface area (Å²) in [4.78, 5) is 16.2. The normalized spacial score (nSPS) is 10.5. The Morgan fingerprint density at radius 2 is 1.96 bits per heavy atom. The molecule has 0 spiro atoms. The van der Waals surface area contributed by atoms with Gasteiger partial charge in [-0.05, 0) is 36.5 Å². The van der Waals surface area contributed by atoms with Crippen molar-refractivity contribution in [2.45, 2.75) is 6.54 Å². The number of aromatic nitrogens is 2. The van der Waals surface area contributed by atoms with Crippen molar-refractivity contribution < 1.29 is 13.6 Å². The summed E-state index contributed by atoms with van der Waals surface area (Å²) in [6, 6.07) is 10.4. The van der Waals surface area contributed by atoms with Crippen molar-refractivity contribution in [2.75, 3.05) is 5.32 Å². The molecule has 0 atom stereocenters. The third kappa shape index (κ3) is 4.07. The predicted octanol–water partition coefficient (Wildman–Crippen LogP) is 2.33. The van der Waals surface area contributed by atoms with Gasteiger partial charge in [-0.2, -0.15) is 0 Å². The second kappa shape index (κ2) is 7.22. The van der Waals surface area contributed by atoms with Gasteiger partial charge in [-0.3, -0.25) is 15.6 Å². The number of benzene rings is 2. The van der Waals surface area contributed by atoms with Gasteiger partial charge in [-0.15, -0.1) is 0 Å². The van der Waals surface area contributed by atoms with Crippen LogP contribution >= 0.6 is 12.2 Å². The number of halogens is 2. The fourth-order valence-corrected chi connectivity index (χ4v) is 2.36. The molecule has 0 aliphatic carbocycles. The van der Waals surface area contributed by atoms with Crippen molar-refractivity contribution in [3.8, 4) is 0 Å². The Labute approximate surface area is 146 Å². The standard InChI is InChI=1S/C16H13F2N5OS/c17-10-5-6-12(11(18)7-10)20-16(25)22-21-15(24)8-23-9-19-13-3-1-2-4-14(13)23/h1-7,9H,8H2,(H,21,24)(H2,20,22,25). The van der Waals surface area contributed by atoms with Gasteiger partial charge >= 0.3 is 0 Å². The number of amides is 1. The SMILES string of the molecule is O=C(Cn1cnc2ccccc21)NNC(=S)Nc1ccc(F)cc1F. The summed E-state index contributed by atoms with van der Waals surface area (Å²) in [7, 11) is 0. The van der Waals surface area contributed by atoms with E-state index in [1.807, 2.05) is 24.3 Å². The van der Waals surface area contributed by atoms with E-state index in [4.69, 9.17) is 12.2 Å². The topological polar surface area (TPSA) is 71.0 Å². The van der Waals surface area contributed by atoms with Gasteiger partial charge in [0.15, 0.2) is 5.11 Å². The molecule has 0 aliphatic rings. The highest BCUT2D eigenvalue weighted by Gasteiger charge is 2.09. The zero-order chi connectivity index (χ0) is 17.8. The highest BCUT2D eigenvalue weighted by Crippen LogP contribution is 2.14. The Bertz CT molecular complexity index is 943. The van der Waals surface area contributed by atoms with Crippen molar-refractivity contribution in [2.24, 2.45) is 0 Å². The Hall–Kier alpha value is -3.07. The number of fused-ring (bicyclic) bond motifs is 1. The number of anilines is 1. The van der Waals surface area contributed by atoms with Gasteiger partial charge in [0.2, 0.25) is 0 Å². The number of para-hydroxylation sites is 2. The van der Waals surface area contributed by atoms with E-state index in [2.05, 4.69) is 21.2 Å². The Balaban J connectivity index is 1.54. The summed E-state index contributed by atoms with van der Waals surface area (Å²) in [6.07, 6.45) is 1.56.